The molecule has 0 radical (unpaired) electrons. The first-order chi connectivity index (χ1) is 18.8. The third kappa shape index (κ3) is 13.8. The molecule has 4 rings (SSSR count). The fourth-order valence-corrected chi connectivity index (χ4v) is 5.11. The molecule has 0 saturated carbocycles. The number of ether oxygens (including phenoxy) is 2. The minimum Gasteiger partial charge on any atom is -0.469 e. The normalized spacial score (nSPS) is 16.0. The maximum atomic E-state index is 11.3. The minimum absolute atomic E-state index is 0. The first-order valence-electron chi connectivity index (χ1n) is 14.3. The second-order valence-corrected chi connectivity index (χ2v) is 11.3. The maximum Gasteiger partial charge on any atom is 0.306 e. The number of carbonyl (C=O) groups is 2. The van der Waals surface area contributed by atoms with Gasteiger partial charge in [-0.15, -0.1) is 0 Å². The lowest BCUT2D eigenvalue weighted by atomic mass is 9.97. The highest BCUT2D eigenvalue weighted by Gasteiger charge is 2.15. The lowest BCUT2D eigenvalue weighted by Crippen LogP contribution is -2.29. The summed E-state index contributed by atoms with van der Waals surface area (Å²) >= 11 is 3.40. The zero-order valence-electron chi connectivity index (χ0n) is 24.2. The highest BCUT2D eigenvalue weighted by Crippen LogP contribution is 2.26. The van der Waals surface area contributed by atoms with Crippen molar-refractivity contribution in [2.24, 2.45) is 0 Å². The van der Waals surface area contributed by atoms with Crippen LogP contribution in [-0.4, -0.2) is 52.3 Å². The van der Waals surface area contributed by atoms with Crippen LogP contribution < -0.4 is 10.2 Å². The predicted octanol–water partition coefficient (Wildman–Crippen LogP) is 7.86. The van der Waals surface area contributed by atoms with Gasteiger partial charge in [0.15, 0.2) is 0 Å². The van der Waals surface area contributed by atoms with Crippen molar-refractivity contribution >= 4 is 33.6 Å². The smallest absolute Gasteiger partial charge is 0.306 e. The monoisotopic (exact) mass is 618 g/mol. The number of methoxy groups -OCH3 is 2. The first kappa shape index (κ1) is 35.6. The Morgan fingerprint density at radius 1 is 0.800 bits per heavy atom. The summed E-state index contributed by atoms with van der Waals surface area (Å²) in [5, 5.41) is 3.28. The topological polar surface area (TPSA) is 67.9 Å². The van der Waals surface area contributed by atoms with E-state index in [1.54, 1.807) is 0 Å². The van der Waals surface area contributed by atoms with Crippen LogP contribution in [0.2, 0.25) is 0 Å². The van der Waals surface area contributed by atoms with Gasteiger partial charge in [-0.1, -0.05) is 67.9 Å². The van der Waals surface area contributed by atoms with Gasteiger partial charge < -0.3 is 19.7 Å². The van der Waals surface area contributed by atoms with Crippen molar-refractivity contribution in [3.8, 4) is 0 Å². The predicted molar refractivity (Wildman–Crippen MR) is 170 cm³/mol. The molecule has 0 unspecified atom stereocenters. The van der Waals surface area contributed by atoms with E-state index in [1.807, 2.05) is 31.2 Å². The first-order valence-corrected chi connectivity index (χ1v) is 15.1. The van der Waals surface area contributed by atoms with Crippen LogP contribution in [0.25, 0.3) is 0 Å². The Morgan fingerprint density at radius 2 is 1.30 bits per heavy atom. The number of halogens is 1. The fourth-order valence-electron chi connectivity index (χ4n) is 4.70. The summed E-state index contributed by atoms with van der Waals surface area (Å²) in [6.45, 7) is 8.88. The van der Waals surface area contributed by atoms with Gasteiger partial charge in [-0.3, -0.25) is 9.59 Å². The van der Waals surface area contributed by atoms with Crippen LogP contribution in [0.4, 0.5) is 5.69 Å². The van der Waals surface area contributed by atoms with Crippen molar-refractivity contribution in [2.45, 2.75) is 84.5 Å². The average Bonchev–Trinajstić information content (AvgIpc) is 2.99. The molecule has 0 amide bonds. The molecule has 2 aromatic rings. The molecular formula is C33H51BrN2O4. The molecule has 2 saturated heterocycles. The van der Waals surface area contributed by atoms with E-state index >= 15 is 0 Å². The molecule has 7 heteroatoms. The van der Waals surface area contributed by atoms with Gasteiger partial charge in [0.1, 0.15) is 0 Å². The standard InChI is InChI=1S/C16H23NO2.C11H13BrO2.C5H11N.CH4/c1-13(11-16(18)19-2)14-7-6-8-15(12-14)17-9-4-3-5-10-17;1-8(6-11(13)14-2)9-4-3-5-10(12)7-9;1-2-4-6-5-3-1;/h6-8,12-13H,3-5,9-11H2,1-2H3;3-5,7-8H,6H2,1-2H3;6H,1-5H2;1H4/t13-;8-;;/m00../s1. The van der Waals surface area contributed by atoms with Gasteiger partial charge in [0.2, 0.25) is 0 Å². The van der Waals surface area contributed by atoms with Crippen LogP contribution in [0, 0.1) is 0 Å². The lowest BCUT2D eigenvalue weighted by molar-refractivity contribution is -0.141. The van der Waals surface area contributed by atoms with Crippen molar-refractivity contribution in [1.82, 2.24) is 5.32 Å². The van der Waals surface area contributed by atoms with Gasteiger partial charge in [-0.2, -0.15) is 0 Å². The second kappa shape index (κ2) is 20.5. The van der Waals surface area contributed by atoms with Gasteiger partial charge in [-0.25, -0.2) is 0 Å². The van der Waals surface area contributed by atoms with Crippen LogP contribution in [0.5, 0.6) is 0 Å². The molecule has 1 N–H and O–H groups in total. The van der Waals surface area contributed by atoms with Crippen molar-refractivity contribution in [1.29, 1.82) is 0 Å². The zero-order chi connectivity index (χ0) is 28.5. The van der Waals surface area contributed by atoms with E-state index in [1.165, 1.54) is 77.1 Å². The molecule has 2 fully saturated rings. The highest BCUT2D eigenvalue weighted by atomic mass is 79.9. The molecule has 0 bridgehead atoms. The van der Waals surface area contributed by atoms with E-state index < -0.39 is 0 Å². The van der Waals surface area contributed by atoms with Gasteiger partial charge in [0, 0.05) is 23.2 Å². The molecule has 224 valence electrons. The van der Waals surface area contributed by atoms with Crippen LogP contribution in [0.15, 0.2) is 53.0 Å². The van der Waals surface area contributed by atoms with E-state index in [0.717, 1.165) is 23.1 Å². The Kier molecular flexibility index (Phi) is 18.3. The molecule has 0 aliphatic carbocycles. The molecular weight excluding hydrogens is 568 g/mol. The Morgan fingerprint density at radius 3 is 1.75 bits per heavy atom. The SMILES string of the molecule is C.C1CCNCC1.COC(=O)C[C@H](C)c1cccc(Br)c1.COC(=O)C[C@H](C)c1cccc(N2CCCCC2)c1. The van der Waals surface area contributed by atoms with Gasteiger partial charge in [-0.05, 0) is 92.4 Å². The van der Waals surface area contributed by atoms with Crippen LogP contribution in [-0.2, 0) is 19.1 Å². The molecule has 40 heavy (non-hydrogen) atoms. The third-order valence-corrected chi connectivity index (χ3v) is 7.68. The summed E-state index contributed by atoms with van der Waals surface area (Å²) in [6, 6.07) is 16.5. The van der Waals surface area contributed by atoms with Crippen LogP contribution in [0.1, 0.15) is 95.6 Å². The van der Waals surface area contributed by atoms with Gasteiger partial charge in [0.25, 0.3) is 0 Å². The Balaban J connectivity index is 0.000000333. The quantitative estimate of drug-likeness (QED) is 0.319. The molecule has 0 aromatic heterocycles. The van der Waals surface area contributed by atoms with Crippen molar-refractivity contribution in [3.05, 3.63) is 64.1 Å². The summed E-state index contributed by atoms with van der Waals surface area (Å²) < 4.78 is 10.4. The van der Waals surface area contributed by atoms with E-state index in [0.29, 0.717) is 12.8 Å². The van der Waals surface area contributed by atoms with Crippen molar-refractivity contribution < 1.29 is 19.1 Å². The fraction of sp³-hybridized carbons (Fsp3) is 0.576. The number of nitrogens with zero attached hydrogens (tertiary/aromatic N) is 1. The third-order valence-electron chi connectivity index (χ3n) is 7.19. The molecule has 6 nitrogen and oxygen atoms in total. The molecule has 2 heterocycles. The van der Waals surface area contributed by atoms with E-state index in [4.69, 9.17) is 4.74 Å². The highest BCUT2D eigenvalue weighted by molar-refractivity contribution is 9.10. The summed E-state index contributed by atoms with van der Waals surface area (Å²) in [7, 11) is 2.86. The number of hydrogen-bond acceptors (Lipinski definition) is 6. The average molecular weight is 620 g/mol. The van der Waals surface area contributed by atoms with Gasteiger partial charge in [0.05, 0.1) is 27.1 Å². The van der Waals surface area contributed by atoms with Crippen molar-refractivity contribution in [3.63, 3.8) is 0 Å². The van der Waals surface area contributed by atoms with Gasteiger partial charge >= 0.3 is 11.9 Å². The van der Waals surface area contributed by atoms with E-state index in [-0.39, 0.29) is 31.2 Å². The number of anilines is 1. The lowest BCUT2D eigenvalue weighted by Gasteiger charge is -2.29. The van der Waals surface area contributed by atoms with Crippen LogP contribution in [0.3, 0.4) is 0 Å². The molecule has 2 aliphatic rings. The maximum absolute atomic E-state index is 11.3. The minimum atomic E-state index is -0.169. The summed E-state index contributed by atoms with van der Waals surface area (Å²) in [4.78, 5) is 24.8. The molecule has 2 atom stereocenters. The molecule has 2 aromatic carbocycles. The van der Waals surface area contributed by atoms with Crippen molar-refractivity contribution in [2.75, 3.05) is 45.3 Å². The number of piperidine rings is 2. The second-order valence-electron chi connectivity index (χ2n) is 10.4. The number of benzene rings is 2. The summed E-state index contributed by atoms with van der Waals surface area (Å²) in [5.74, 6) is 0.0884. The Bertz CT molecular complexity index is 978. The van der Waals surface area contributed by atoms with Crippen LogP contribution >= 0.6 is 15.9 Å². The zero-order valence-corrected chi connectivity index (χ0v) is 25.8. The number of hydrogen-bond donors (Lipinski definition) is 1. The summed E-state index contributed by atoms with van der Waals surface area (Å²) in [6.07, 6.45) is 8.98. The number of rotatable bonds is 7. The largest absolute Gasteiger partial charge is 0.469 e. The van der Waals surface area contributed by atoms with E-state index in [9.17, 15) is 9.59 Å². The number of carbonyl (C=O) groups excluding carboxylic acids is 2. The Hall–Kier alpha value is -2.38. The van der Waals surface area contributed by atoms with E-state index in [2.05, 4.69) is 62.1 Å². The number of esters is 2. The summed E-state index contributed by atoms with van der Waals surface area (Å²) in [5.41, 5.74) is 3.65. The number of nitrogens with one attached hydrogen (secondary N) is 1. The Labute approximate surface area is 251 Å². The molecule has 0 spiro atoms. The molecule has 2 aliphatic heterocycles.